The highest BCUT2D eigenvalue weighted by Gasteiger charge is 2.43. The zero-order valence-electron chi connectivity index (χ0n) is 6.68. The van der Waals surface area contributed by atoms with Gasteiger partial charge in [-0.15, -0.1) is 0 Å². The van der Waals surface area contributed by atoms with Crippen molar-refractivity contribution >= 4 is 0 Å². The maximum Gasteiger partial charge on any atom is 0.0585 e. The molecule has 11 heavy (non-hydrogen) atoms. The van der Waals surface area contributed by atoms with Crippen molar-refractivity contribution in [2.24, 2.45) is 0 Å². The van der Waals surface area contributed by atoms with E-state index in [0.29, 0.717) is 11.6 Å². The summed E-state index contributed by atoms with van der Waals surface area (Å²) in [6.45, 7) is 2.04. The third-order valence-corrected chi connectivity index (χ3v) is 2.82. The molecule has 0 aromatic heterocycles. The van der Waals surface area contributed by atoms with Gasteiger partial charge >= 0.3 is 0 Å². The SMILES string of the molecule is OCC1CC2(CCOCC2)N1. The molecule has 0 bridgehead atoms. The third kappa shape index (κ3) is 1.28. The molecule has 3 heteroatoms. The van der Waals surface area contributed by atoms with Crippen molar-refractivity contribution in [1.82, 2.24) is 5.32 Å². The van der Waals surface area contributed by atoms with Gasteiger partial charge in [0.25, 0.3) is 0 Å². The molecule has 0 saturated carbocycles. The zero-order valence-corrected chi connectivity index (χ0v) is 6.68. The summed E-state index contributed by atoms with van der Waals surface area (Å²) in [5.41, 5.74) is 0.339. The van der Waals surface area contributed by atoms with Crippen LogP contribution in [0.1, 0.15) is 19.3 Å². The van der Waals surface area contributed by atoms with E-state index >= 15 is 0 Å². The number of aliphatic hydroxyl groups is 1. The highest BCUT2D eigenvalue weighted by atomic mass is 16.5. The molecule has 1 spiro atoms. The quantitative estimate of drug-likeness (QED) is 0.558. The lowest BCUT2D eigenvalue weighted by Gasteiger charge is -2.50. The molecule has 0 aromatic rings. The summed E-state index contributed by atoms with van der Waals surface area (Å²) in [5, 5.41) is 12.2. The van der Waals surface area contributed by atoms with E-state index in [0.717, 1.165) is 32.5 Å². The molecule has 1 atom stereocenters. The molecule has 64 valence electrons. The molecule has 2 saturated heterocycles. The lowest BCUT2D eigenvalue weighted by atomic mass is 9.76. The highest BCUT2D eigenvalue weighted by molar-refractivity contribution is 5.03. The van der Waals surface area contributed by atoms with Crippen molar-refractivity contribution in [2.45, 2.75) is 30.8 Å². The van der Waals surface area contributed by atoms with Crippen LogP contribution in [0.3, 0.4) is 0 Å². The third-order valence-electron chi connectivity index (χ3n) is 2.82. The van der Waals surface area contributed by atoms with Gasteiger partial charge in [-0.3, -0.25) is 0 Å². The van der Waals surface area contributed by atoms with Crippen LogP contribution in [0.25, 0.3) is 0 Å². The molecular formula is C8H15NO2. The summed E-state index contributed by atoms with van der Waals surface area (Å²) in [5.74, 6) is 0. The molecule has 0 aliphatic carbocycles. The van der Waals surface area contributed by atoms with Crippen LogP contribution >= 0.6 is 0 Å². The molecule has 2 aliphatic heterocycles. The van der Waals surface area contributed by atoms with Gasteiger partial charge in [-0.05, 0) is 19.3 Å². The van der Waals surface area contributed by atoms with Gasteiger partial charge in [0.2, 0.25) is 0 Å². The molecule has 3 nitrogen and oxygen atoms in total. The summed E-state index contributed by atoms with van der Waals surface area (Å²) in [6, 6.07) is 0.355. The second-order valence-corrected chi connectivity index (χ2v) is 3.62. The van der Waals surface area contributed by atoms with Crippen molar-refractivity contribution < 1.29 is 9.84 Å². The van der Waals surface area contributed by atoms with Gasteiger partial charge in [-0.1, -0.05) is 0 Å². The Morgan fingerprint density at radius 2 is 2.09 bits per heavy atom. The Morgan fingerprint density at radius 1 is 1.45 bits per heavy atom. The maximum absolute atomic E-state index is 8.81. The molecule has 0 aromatic carbocycles. The fourth-order valence-electron chi connectivity index (χ4n) is 2.10. The molecule has 2 fully saturated rings. The molecule has 2 rings (SSSR count). The lowest BCUT2D eigenvalue weighted by molar-refractivity contribution is -0.0220. The molecule has 2 N–H and O–H groups in total. The monoisotopic (exact) mass is 157 g/mol. The molecule has 2 heterocycles. The summed E-state index contributed by atoms with van der Waals surface area (Å²) in [4.78, 5) is 0. The summed E-state index contributed by atoms with van der Waals surface area (Å²) in [6.07, 6.45) is 3.36. The van der Waals surface area contributed by atoms with Crippen molar-refractivity contribution in [3.05, 3.63) is 0 Å². The normalized spacial score (nSPS) is 35.2. The minimum absolute atomic E-state index is 0.280. The van der Waals surface area contributed by atoms with Crippen LogP contribution in [0.4, 0.5) is 0 Å². The van der Waals surface area contributed by atoms with Gasteiger partial charge in [-0.25, -0.2) is 0 Å². The summed E-state index contributed by atoms with van der Waals surface area (Å²) in [7, 11) is 0. The van der Waals surface area contributed by atoms with E-state index in [2.05, 4.69) is 5.32 Å². The van der Waals surface area contributed by atoms with E-state index in [1.54, 1.807) is 0 Å². The minimum Gasteiger partial charge on any atom is -0.395 e. The van der Waals surface area contributed by atoms with Gasteiger partial charge in [0.15, 0.2) is 0 Å². The first kappa shape index (κ1) is 7.53. The van der Waals surface area contributed by atoms with Crippen LogP contribution in [-0.2, 0) is 4.74 Å². The predicted octanol–water partition coefficient (Wildman–Crippen LogP) is -0.110. The Hall–Kier alpha value is -0.120. The van der Waals surface area contributed by atoms with Crippen LogP contribution in [0.2, 0.25) is 0 Å². The van der Waals surface area contributed by atoms with Gasteiger partial charge in [0, 0.05) is 24.8 Å². The Morgan fingerprint density at radius 3 is 2.64 bits per heavy atom. The first-order valence-electron chi connectivity index (χ1n) is 4.31. The topological polar surface area (TPSA) is 41.5 Å². The van der Waals surface area contributed by atoms with Crippen molar-refractivity contribution in [1.29, 1.82) is 0 Å². The fraction of sp³-hybridized carbons (Fsp3) is 1.00. The largest absolute Gasteiger partial charge is 0.395 e. The number of ether oxygens (including phenoxy) is 1. The predicted molar refractivity (Wildman–Crippen MR) is 41.4 cm³/mol. The Balaban J connectivity index is 1.84. The second-order valence-electron chi connectivity index (χ2n) is 3.62. The number of hydrogen-bond acceptors (Lipinski definition) is 3. The number of nitrogens with one attached hydrogen (secondary N) is 1. The first-order chi connectivity index (χ1) is 5.35. The van der Waals surface area contributed by atoms with Crippen LogP contribution in [-0.4, -0.2) is 36.5 Å². The average Bonchev–Trinajstić information content (AvgIpc) is 2.01. The van der Waals surface area contributed by atoms with Crippen LogP contribution in [0.5, 0.6) is 0 Å². The smallest absolute Gasteiger partial charge is 0.0585 e. The summed E-state index contributed by atoms with van der Waals surface area (Å²) < 4.78 is 5.27. The zero-order chi connectivity index (χ0) is 7.73. The van der Waals surface area contributed by atoms with Crippen molar-refractivity contribution in [3.8, 4) is 0 Å². The molecular weight excluding hydrogens is 142 g/mol. The first-order valence-corrected chi connectivity index (χ1v) is 4.31. The van der Waals surface area contributed by atoms with E-state index in [4.69, 9.17) is 9.84 Å². The molecule has 2 aliphatic rings. The molecule has 1 unspecified atom stereocenters. The lowest BCUT2D eigenvalue weighted by Crippen LogP contribution is -2.66. The van der Waals surface area contributed by atoms with Gasteiger partial charge in [-0.2, -0.15) is 0 Å². The van der Waals surface area contributed by atoms with Crippen molar-refractivity contribution in [3.63, 3.8) is 0 Å². The van der Waals surface area contributed by atoms with E-state index in [9.17, 15) is 0 Å². The van der Waals surface area contributed by atoms with Crippen LogP contribution < -0.4 is 5.32 Å². The maximum atomic E-state index is 8.81. The Kier molecular flexibility index (Phi) is 1.87. The highest BCUT2D eigenvalue weighted by Crippen LogP contribution is 2.33. The average molecular weight is 157 g/mol. The second kappa shape index (κ2) is 2.73. The number of hydrogen-bond donors (Lipinski definition) is 2. The van der Waals surface area contributed by atoms with E-state index in [-0.39, 0.29) is 6.61 Å². The Bertz CT molecular complexity index is 135. The standard InChI is InChI=1S/C8H15NO2/c10-6-7-5-8(9-7)1-3-11-4-2-8/h7,9-10H,1-6H2. The number of rotatable bonds is 1. The van der Waals surface area contributed by atoms with Gasteiger partial charge in [0.1, 0.15) is 0 Å². The Labute approximate surface area is 66.7 Å². The van der Waals surface area contributed by atoms with E-state index < -0.39 is 0 Å². The van der Waals surface area contributed by atoms with Crippen LogP contribution in [0, 0.1) is 0 Å². The molecule has 0 amide bonds. The van der Waals surface area contributed by atoms with Crippen LogP contribution in [0.15, 0.2) is 0 Å². The van der Waals surface area contributed by atoms with E-state index in [1.165, 1.54) is 0 Å². The van der Waals surface area contributed by atoms with E-state index in [1.807, 2.05) is 0 Å². The van der Waals surface area contributed by atoms with Gasteiger partial charge in [0.05, 0.1) is 6.61 Å². The summed E-state index contributed by atoms with van der Waals surface area (Å²) >= 11 is 0. The number of aliphatic hydroxyl groups excluding tert-OH is 1. The fourth-order valence-corrected chi connectivity index (χ4v) is 2.10. The minimum atomic E-state index is 0.280. The molecule has 0 radical (unpaired) electrons. The van der Waals surface area contributed by atoms with Gasteiger partial charge < -0.3 is 15.2 Å². The van der Waals surface area contributed by atoms with Crippen molar-refractivity contribution in [2.75, 3.05) is 19.8 Å².